The van der Waals surface area contributed by atoms with E-state index in [4.69, 9.17) is 16.3 Å². The van der Waals surface area contributed by atoms with Crippen molar-refractivity contribution in [3.8, 4) is 11.5 Å². The number of hydrogen-bond donors (Lipinski definition) is 2. The van der Waals surface area contributed by atoms with Crippen LogP contribution in [0.1, 0.15) is 46.9 Å². The van der Waals surface area contributed by atoms with Crippen LogP contribution >= 0.6 is 11.6 Å². The topological polar surface area (TPSA) is 70.0 Å². The SMILES string of the molecule is Cc1cc(C2CCN(C)CC2)c2c(c1)C(C=O)C(O)=C(c1ccc(O)c(Cl)c1)O2. The molecule has 29 heavy (non-hydrogen) atoms. The Labute approximate surface area is 175 Å². The van der Waals surface area contributed by atoms with Gasteiger partial charge in [-0.2, -0.15) is 0 Å². The number of phenolic OH excluding ortho intramolecular Hbond substituents is 1. The Bertz CT molecular complexity index is 993. The van der Waals surface area contributed by atoms with E-state index in [0.717, 1.165) is 43.3 Å². The molecule has 6 heteroatoms. The van der Waals surface area contributed by atoms with E-state index in [2.05, 4.69) is 18.0 Å². The number of allylic oxidation sites excluding steroid dienone is 1. The highest BCUT2D eigenvalue weighted by Gasteiger charge is 2.34. The van der Waals surface area contributed by atoms with Crippen LogP contribution in [-0.2, 0) is 4.79 Å². The molecule has 2 aliphatic heterocycles. The van der Waals surface area contributed by atoms with Crippen LogP contribution in [0.5, 0.6) is 11.5 Å². The number of aryl methyl sites for hydroxylation is 1. The van der Waals surface area contributed by atoms with Crippen molar-refractivity contribution in [3.63, 3.8) is 0 Å². The number of carbonyl (C=O) groups is 1. The molecule has 1 saturated heterocycles. The van der Waals surface area contributed by atoms with E-state index in [1.165, 1.54) is 12.1 Å². The summed E-state index contributed by atoms with van der Waals surface area (Å²) in [6.07, 6.45) is 2.77. The number of hydrogen-bond acceptors (Lipinski definition) is 5. The molecule has 0 aromatic heterocycles. The van der Waals surface area contributed by atoms with Crippen molar-refractivity contribution >= 4 is 23.6 Å². The zero-order valence-corrected chi connectivity index (χ0v) is 17.2. The Morgan fingerprint density at radius 3 is 2.48 bits per heavy atom. The van der Waals surface area contributed by atoms with E-state index in [9.17, 15) is 15.0 Å². The van der Waals surface area contributed by atoms with Crippen LogP contribution in [0.3, 0.4) is 0 Å². The van der Waals surface area contributed by atoms with Gasteiger partial charge in [-0.25, -0.2) is 0 Å². The first-order valence-electron chi connectivity index (χ1n) is 9.77. The second-order valence-electron chi connectivity index (χ2n) is 7.95. The molecule has 2 heterocycles. The maximum Gasteiger partial charge on any atom is 0.173 e. The van der Waals surface area contributed by atoms with Gasteiger partial charge in [-0.05, 0) is 69.6 Å². The number of aromatic hydroxyl groups is 1. The van der Waals surface area contributed by atoms with Gasteiger partial charge in [-0.3, -0.25) is 0 Å². The maximum absolute atomic E-state index is 12.0. The minimum absolute atomic E-state index is 0.0544. The van der Waals surface area contributed by atoms with Crippen molar-refractivity contribution in [1.82, 2.24) is 4.90 Å². The number of aliphatic hydroxyl groups is 1. The van der Waals surface area contributed by atoms with Crippen molar-refractivity contribution in [1.29, 1.82) is 0 Å². The van der Waals surface area contributed by atoms with E-state index in [1.807, 2.05) is 13.0 Å². The lowest BCUT2D eigenvalue weighted by Gasteiger charge is -2.33. The van der Waals surface area contributed by atoms with Gasteiger partial charge in [0.1, 0.15) is 23.7 Å². The molecule has 0 spiro atoms. The number of nitrogens with zero attached hydrogens (tertiary/aromatic N) is 1. The molecule has 0 radical (unpaired) electrons. The van der Waals surface area contributed by atoms with Crippen LogP contribution in [0.2, 0.25) is 5.02 Å². The first kappa shape index (κ1) is 19.8. The van der Waals surface area contributed by atoms with Crippen molar-refractivity contribution < 1.29 is 19.7 Å². The summed E-state index contributed by atoms with van der Waals surface area (Å²) in [4.78, 5) is 14.3. The maximum atomic E-state index is 12.0. The summed E-state index contributed by atoms with van der Waals surface area (Å²) in [5.74, 6) is 0.188. The highest BCUT2D eigenvalue weighted by Crippen LogP contribution is 2.47. The number of phenols is 1. The van der Waals surface area contributed by atoms with E-state index in [1.54, 1.807) is 6.07 Å². The normalized spacial score (nSPS) is 20.3. The van der Waals surface area contributed by atoms with E-state index in [-0.39, 0.29) is 22.3 Å². The highest BCUT2D eigenvalue weighted by molar-refractivity contribution is 6.32. The van der Waals surface area contributed by atoms with Crippen molar-refractivity contribution in [3.05, 3.63) is 63.4 Å². The third-order valence-electron chi connectivity index (χ3n) is 5.86. The van der Waals surface area contributed by atoms with Crippen molar-refractivity contribution in [2.24, 2.45) is 0 Å². The Hall–Kier alpha value is -2.50. The molecule has 1 atom stereocenters. The molecule has 0 bridgehead atoms. The molecule has 1 unspecified atom stereocenters. The number of halogens is 1. The quantitative estimate of drug-likeness (QED) is 0.709. The fraction of sp³-hybridized carbons (Fsp3) is 0.348. The molecule has 4 rings (SSSR count). The monoisotopic (exact) mass is 413 g/mol. The average Bonchev–Trinajstić information content (AvgIpc) is 2.70. The van der Waals surface area contributed by atoms with Gasteiger partial charge in [0.25, 0.3) is 0 Å². The molecule has 152 valence electrons. The number of rotatable bonds is 3. The number of benzene rings is 2. The van der Waals surface area contributed by atoms with Crippen molar-refractivity contribution in [2.75, 3.05) is 20.1 Å². The third kappa shape index (κ3) is 3.61. The molecule has 0 saturated carbocycles. The molecule has 2 N–H and O–H groups in total. The number of ether oxygens (including phenoxy) is 1. The summed E-state index contributed by atoms with van der Waals surface area (Å²) in [6, 6.07) is 8.62. The number of aliphatic hydroxyl groups excluding tert-OH is 1. The molecule has 2 aromatic carbocycles. The second kappa shape index (κ2) is 7.73. The Morgan fingerprint density at radius 2 is 1.83 bits per heavy atom. The highest BCUT2D eigenvalue weighted by atomic mass is 35.5. The van der Waals surface area contributed by atoms with Crippen LogP contribution in [0, 0.1) is 6.92 Å². The van der Waals surface area contributed by atoms with Gasteiger partial charge in [0.2, 0.25) is 0 Å². The first-order chi connectivity index (χ1) is 13.9. The number of likely N-dealkylation sites (tertiary alicyclic amines) is 1. The molecule has 2 aliphatic rings. The standard InChI is InChI=1S/C23H24ClNO4/c1-13-9-16(14-5-7-25(2)8-6-14)23-17(10-13)18(12-26)21(28)22(29-23)15-3-4-20(27)19(24)11-15/h3-4,9-12,14,18,27-28H,5-8H2,1-2H3. The molecule has 0 aliphatic carbocycles. The second-order valence-corrected chi connectivity index (χ2v) is 8.35. The van der Waals surface area contributed by atoms with Gasteiger partial charge >= 0.3 is 0 Å². The van der Waals surface area contributed by atoms with E-state index in [0.29, 0.717) is 22.8 Å². The largest absolute Gasteiger partial charge is 0.507 e. The number of carbonyl (C=O) groups excluding carboxylic acids is 1. The Kier molecular flexibility index (Phi) is 5.28. The predicted molar refractivity (Wildman–Crippen MR) is 113 cm³/mol. The van der Waals surface area contributed by atoms with Crippen LogP contribution < -0.4 is 4.74 Å². The molecule has 0 amide bonds. The summed E-state index contributed by atoms with van der Waals surface area (Å²) in [7, 11) is 2.12. The molecule has 1 fully saturated rings. The summed E-state index contributed by atoms with van der Waals surface area (Å²) in [6.45, 7) is 4.01. The summed E-state index contributed by atoms with van der Waals surface area (Å²) < 4.78 is 6.24. The number of piperidine rings is 1. The zero-order chi connectivity index (χ0) is 20.7. The zero-order valence-electron chi connectivity index (χ0n) is 16.5. The Balaban J connectivity index is 1.82. The lowest BCUT2D eigenvalue weighted by Crippen LogP contribution is -2.29. The van der Waals surface area contributed by atoms with Gasteiger partial charge < -0.3 is 24.6 Å². The van der Waals surface area contributed by atoms with Crippen LogP contribution in [0.4, 0.5) is 0 Å². The molecule has 5 nitrogen and oxygen atoms in total. The smallest absolute Gasteiger partial charge is 0.173 e. The fourth-order valence-electron chi connectivity index (χ4n) is 4.24. The van der Waals surface area contributed by atoms with Gasteiger partial charge in [-0.1, -0.05) is 29.3 Å². The minimum Gasteiger partial charge on any atom is -0.507 e. The van der Waals surface area contributed by atoms with Gasteiger partial charge in [0.05, 0.1) is 5.02 Å². The van der Waals surface area contributed by atoms with E-state index < -0.39 is 5.92 Å². The fourth-order valence-corrected chi connectivity index (χ4v) is 4.42. The lowest BCUT2D eigenvalue weighted by atomic mass is 9.83. The molecule has 2 aromatic rings. The summed E-state index contributed by atoms with van der Waals surface area (Å²) in [5.41, 5.74) is 3.32. The van der Waals surface area contributed by atoms with Crippen LogP contribution in [0.25, 0.3) is 5.76 Å². The summed E-state index contributed by atoms with van der Waals surface area (Å²) in [5, 5.41) is 20.7. The molecular weight excluding hydrogens is 390 g/mol. The predicted octanol–water partition coefficient (Wildman–Crippen LogP) is 4.76. The molecular formula is C23H24ClNO4. The minimum atomic E-state index is -0.800. The number of fused-ring (bicyclic) bond motifs is 1. The van der Waals surface area contributed by atoms with Gasteiger partial charge in [0.15, 0.2) is 11.5 Å². The number of aldehydes is 1. The van der Waals surface area contributed by atoms with Gasteiger partial charge in [0, 0.05) is 11.1 Å². The van der Waals surface area contributed by atoms with Gasteiger partial charge in [-0.15, -0.1) is 0 Å². The van der Waals surface area contributed by atoms with Crippen LogP contribution in [-0.4, -0.2) is 41.5 Å². The Morgan fingerprint density at radius 1 is 1.14 bits per heavy atom. The summed E-state index contributed by atoms with van der Waals surface area (Å²) >= 11 is 6.05. The third-order valence-corrected chi connectivity index (χ3v) is 6.16. The van der Waals surface area contributed by atoms with Crippen molar-refractivity contribution in [2.45, 2.75) is 31.6 Å². The first-order valence-corrected chi connectivity index (χ1v) is 10.1. The average molecular weight is 414 g/mol. The lowest BCUT2D eigenvalue weighted by molar-refractivity contribution is -0.109. The van der Waals surface area contributed by atoms with Crippen LogP contribution in [0.15, 0.2) is 36.1 Å². The van der Waals surface area contributed by atoms with E-state index >= 15 is 0 Å².